The number of nitrogens with two attached hydrogens (primary N) is 1. The lowest BCUT2D eigenvalue weighted by Crippen LogP contribution is -2.13. The largest absolute Gasteiger partial charge is 0.490 e. The molecule has 2 N–H and O–H groups in total. The average Bonchev–Trinajstić information content (AvgIpc) is 2.89. The van der Waals surface area contributed by atoms with Crippen molar-refractivity contribution >= 4 is 15.8 Å². The molecule has 2 aromatic carbocycles. The van der Waals surface area contributed by atoms with Crippen molar-refractivity contribution < 1.29 is 27.1 Å². The second-order valence-electron chi connectivity index (χ2n) is 6.08. The van der Waals surface area contributed by atoms with E-state index in [9.17, 15) is 17.6 Å². The van der Waals surface area contributed by atoms with Crippen molar-refractivity contribution in [3.63, 3.8) is 0 Å². The van der Waals surface area contributed by atoms with E-state index in [0.29, 0.717) is 22.6 Å². The van der Waals surface area contributed by atoms with E-state index in [2.05, 4.69) is 0 Å². The molecule has 1 atom stereocenters. The first kappa shape index (κ1) is 18.3. The number of carbonyl (C=O) groups is 1. The minimum atomic E-state index is -3.74. The van der Waals surface area contributed by atoms with Crippen molar-refractivity contribution in [1.29, 1.82) is 0 Å². The van der Waals surface area contributed by atoms with Gasteiger partial charge in [-0.15, -0.1) is 0 Å². The Hall–Kier alpha value is -2.45. The van der Waals surface area contributed by atoms with E-state index < -0.39 is 15.8 Å². The molecule has 6 nitrogen and oxygen atoms in total. The standard InChI is InChI=1S/C18H18FNO5S/c1-11-10-15(21)18-16(7-6-14(19)17(11)18)25-9-8-24-12-2-4-13(5-3-12)26(20,22)23/h2-7,11H,8-10H2,1H3,(H2,20,22,23)/t11-/m1/s1. The smallest absolute Gasteiger partial charge is 0.238 e. The predicted octanol–water partition coefficient (Wildman–Crippen LogP) is 2.62. The molecule has 0 amide bonds. The SMILES string of the molecule is C[C@@H]1CC(=O)c2c(OCCOc3ccc(S(N)(=O)=O)cc3)ccc(F)c21. The molecule has 3 rings (SSSR count). The number of ether oxygens (including phenoxy) is 2. The third-order valence-electron chi connectivity index (χ3n) is 4.18. The van der Waals surface area contributed by atoms with Crippen LogP contribution in [0.5, 0.6) is 11.5 Å². The minimum absolute atomic E-state index is 0.00407. The lowest BCUT2D eigenvalue weighted by Gasteiger charge is -2.12. The second-order valence-corrected chi connectivity index (χ2v) is 7.64. The zero-order chi connectivity index (χ0) is 18.9. The van der Waals surface area contributed by atoms with E-state index in [0.717, 1.165) is 0 Å². The maximum Gasteiger partial charge on any atom is 0.238 e. The first-order valence-corrected chi connectivity index (χ1v) is 9.56. The van der Waals surface area contributed by atoms with Crippen LogP contribution in [0.25, 0.3) is 0 Å². The first-order chi connectivity index (χ1) is 12.3. The number of sulfonamides is 1. The molecule has 0 radical (unpaired) electrons. The number of hydrogen-bond donors (Lipinski definition) is 1. The average molecular weight is 379 g/mol. The van der Waals surface area contributed by atoms with E-state index in [1.165, 1.54) is 36.4 Å². The highest BCUT2D eigenvalue weighted by atomic mass is 32.2. The lowest BCUT2D eigenvalue weighted by atomic mass is 10.0. The molecular formula is C18H18FNO5S. The Labute approximate surface area is 150 Å². The van der Waals surface area contributed by atoms with E-state index >= 15 is 0 Å². The fourth-order valence-corrected chi connectivity index (χ4v) is 3.50. The van der Waals surface area contributed by atoms with Crippen LogP contribution < -0.4 is 14.6 Å². The summed E-state index contributed by atoms with van der Waals surface area (Å²) in [5.74, 6) is 0.131. The normalized spacial score (nSPS) is 16.4. The summed E-state index contributed by atoms with van der Waals surface area (Å²) in [6.07, 6.45) is 0.277. The molecule has 0 fully saturated rings. The molecule has 1 aliphatic rings. The molecule has 0 spiro atoms. The van der Waals surface area contributed by atoms with Crippen LogP contribution in [0.4, 0.5) is 4.39 Å². The van der Waals surface area contributed by atoms with Crippen molar-refractivity contribution in [1.82, 2.24) is 0 Å². The number of carbonyl (C=O) groups excluding carboxylic acids is 1. The number of benzene rings is 2. The Kier molecular flexibility index (Phi) is 4.97. The molecule has 0 aromatic heterocycles. The molecule has 0 heterocycles. The third-order valence-corrected chi connectivity index (χ3v) is 5.11. The maximum absolute atomic E-state index is 13.9. The van der Waals surface area contributed by atoms with Gasteiger partial charge < -0.3 is 9.47 Å². The van der Waals surface area contributed by atoms with Gasteiger partial charge in [-0.3, -0.25) is 4.79 Å². The van der Waals surface area contributed by atoms with Crippen LogP contribution in [0.1, 0.15) is 35.2 Å². The lowest BCUT2D eigenvalue weighted by molar-refractivity contribution is 0.0985. The Balaban J connectivity index is 1.61. The molecular weight excluding hydrogens is 361 g/mol. The molecule has 0 saturated heterocycles. The summed E-state index contributed by atoms with van der Waals surface area (Å²) in [4.78, 5) is 12.1. The summed E-state index contributed by atoms with van der Waals surface area (Å²) in [6, 6.07) is 8.42. The summed E-state index contributed by atoms with van der Waals surface area (Å²) in [7, 11) is -3.74. The van der Waals surface area contributed by atoms with Crippen molar-refractivity contribution in [2.75, 3.05) is 13.2 Å². The summed E-state index contributed by atoms with van der Waals surface area (Å²) in [5.41, 5.74) is 0.724. The van der Waals surface area contributed by atoms with Crippen LogP contribution in [0, 0.1) is 5.82 Å². The monoisotopic (exact) mass is 379 g/mol. The summed E-state index contributed by atoms with van der Waals surface area (Å²) < 4.78 is 47.4. The van der Waals surface area contributed by atoms with Gasteiger partial charge >= 0.3 is 0 Å². The summed E-state index contributed by atoms with van der Waals surface area (Å²) in [6.45, 7) is 2.13. The highest BCUT2D eigenvalue weighted by molar-refractivity contribution is 7.89. The van der Waals surface area contributed by atoms with Gasteiger partial charge in [-0.05, 0) is 42.3 Å². The van der Waals surface area contributed by atoms with Crippen molar-refractivity contribution in [2.45, 2.75) is 24.2 Å². The van der Waals surface area contributed by atoms with E-state index in [-0.39, 0.29) is 36.2 Å². The predicted molar refractivity (Wildman–Crippen MR) is 92.6 cm³/mol. The van der Waals surface area contributed by atoms with Crippen LogP contribution in [-0.2, 0) is 10.0 Å². The fourth-order valence-electron chi connectivity index (χ4n) is 2.98. The third kappa shape index (κ3) is 3.71. The van der Waals surface area contributed by atoms with Crippen LogP contribution in [0.2, 0.25) is 0 Å². The number of primary sulfonamides is 1. The molecule has 0 unspecified atom stereocenters. The highest BCUT2D eigenvalue weighted by Crippen LogP contribution is 2.39. The zero-order valence-corrected chi connectivity index (χ0v) is 14.9. The first-order valence-electron chi connectivity index (χ1n) is 8.01. The van der Waals surface area contributed by atoms with Crippen molar-refractivity contribution in [3.05, 3.63) is 53.3 Å². The van der Waals surface area contributed by atoms with Gasteiger partial charge in [-0.2, -0.15) is 0 Å². The van der Waals surface area contributed by atoms with Gasteiger partial charge in [0.15, 0.2) is 5.78 Å². The van der Waals surface area contributed by atoms with Gasteiger partial charge in [0, 0.05) is 12.0 Å². The number of ketones is 1. The van der Waals surface area contributed by atoms with E-state index in [1.54, 1.807) is 0 Å². The van der Waals surface area contributed by atoms with E-state index in [4.69, 9.17) is 14.6 Å². The van der Waals surface area contributed by atoms with Crippen LogP contribution in [-0.4, -0.2) is 27.4 Å². The molecule has 138 valence electrons. The van der Waals surface area contributed by atoms with Crippen molar-refractivity contribution in [3.8, 4) is 11.5 Å². The molecule has 26 heavy (non-hydrogen) atoms. The molecule has 0 saturated carbocycles. The van der Waals surface area contributed by atoms with Crippen LogP contribution >= 0.6 is 0 Å². The van der Waals surface area contributed by atoms with Gasteiger partial charge in [0.25, 0.3) is 0 Å². The topological polar surface area (TPSA) is 95.7 Å². The molecule has 0 bridgehead atoms. The Morgan fingerprint density at radius 3 is 2.42 bits per heavy atom. The number of Topliss-reactive ketones (excluding diaryl/α,β-unsaturated/α-hetero) is 1. The quantitative estimate of drug-likeness (QED) is 0.779. The van der Waals surface area contributed by atoms with Gasteiger partial charge in [-0.1, -0.05) is 6.92 Å². The van der Waals surface area contributed by atoms with Gasteiger partial charge in [0.1, 0.15) is 30.5 Å². The minimum Gasteiger partial charge on any atom is -0.490 e. The van der Waals surface area contributed by atoms with Crippen LogP contribution in [0.3, 0.4) is 0 Å². The van der Waals surface area contributed by atoms with Crippen molar-refractivity contribution in [2.24, 2.45) is 5.14 Å². The Morgan fingerprint density at radius 2 is 1.77 bits per heavy atom. The van der Waals surface area contributed by atoms with Crippen LogP contribution in [0.15, 0.2) is 41.3 Å². The zero-order valence-electron chi connectivity index (χ0n) is 14.1. The number of hydrogen-bond acceptors (Lipinski definition) is 5. The molecule has 8 heteroatoms. The highest BCUT2D eigenvalue weighted by Gasteiger charge is 2.32. The van der Waals surface area contributed by atoms with Gasteiger partial charge in [0.05, 0.1) is 10.5 Å². The van der Waals surface area contributed by atoms with Gasteiger partial charge in [0.2, 0.25) is 10.0 Å². The summed E-state index contributed by atoms with van der Waals surface area (Å²) in [5, 5.41) is 5.03. The Morgan fingerprint density at radius 1 is 1.12 bits per heavy atom. The number of fused-ring (bicyclic) bond motifs is 1. The fraction of sp³-hybridized carbons (Fsp3) is 0.278. The second kappa shape index (κ2) is 7.05. The summed E-state index contributed by atoms with van der Waals surface area (Å²) >= 11 is 0. The molecule has 1 aliphatic carbocycles. The maximum atomic E-state index is 13.9. The molecule has 0 aliphatic heterocycles. The van der Waals surface area contributed by atoms with Gasteiger partial charge in [-0.25, -0.2) is 17.9 Å². The number of rotatable bonds is 6. The number of halogens is 1. The molecule has 2 aromatic rings. The Bertz CT molecular complexity index is 941. The van der Waals surface area contributed by atoms with E-state index in [1.807, 2.05) is 6.92 Å².